The van der Waals surface area contributed by atoms with E-state index in [2.05, 4.69) is 5.10 Å². The number of nitrogens with zero attached hydrogens (tertiary/aromatic N) is 2. The summed E-state index contributed by atoms with van der Waals surface area (Å²) in [5.41, 5.74) is 0.762. The van der Waals surface area contributed by atoms with Crippen LogP contribution in [-0.2, 0) is 9.53 Å². The molecule has 0 spiro atoms. The van der Waals surface area contributed by atoms with Gasteiger partial charge in [-0.1, -0.05) is 0 Å². The lowest BCUT2D eigenvalue weighted by Gasteiger charge is -2.06. The van der Waals surface area contributed by atoms with Gasteiger partial charge >= 0.3 is 5.97 Å². The quantitative estimate of drug-likeness (QED) is 0.359. The van der Waals surface area contributed by atoms with Gasteiger partial charge in [-0.2, -0.15) is 5.10 Å². The number of hydrogen-bond acceptors (Lipinski definition) is 4. The molecule has 4 heteroatoms. The second-order valence-corrected chi connectivity index (χ2v) is 2.66. The smallest absolute Gasteiger partial charge is 0.311 e. The van der Waals surface area contributed by atoms with Crippen LogP contribution in [0.4, 0.5) is 0 Å². The maximum absolute atomic E-state index is 10.9. The first-order chi connectivity index (χ1) is 5.56. The van der Waals surface area contributed by atoms with Gasteiger partial charge in [0.2, 0.25) is 0 Å². The van der Waals surface area contributed by atoms with E-state index < -0.39 is 0 Å². The van der Waals surface area contributed by atoms with E-state index in [1.165, 1.54) is 0 Å². The van der Waals surface area contributed by atoms with E-state index in [0.717, 1.165) is 5.71 Å². The van der Waals surface area contributed by atoms with Crippen molar-refractivity contribution in [1.82, 2.24) is 5.01 Å². The van der Waals surface area contributed by atoms with Crippen LogP contribution < -0.4 is 0 Å². The highest BCUT2D eigenvalue weighted by Crippen LogP contribution is 1.91. The lowest BCUT2D eigenvalue weighted by atomic mass is 10.3. The fourth-order valence-corrected chi connectivity index (χ4v) is 0.798. The van der Waals surface area contributed by atoms with Crippen molar-refractivity contribution in [3.63, 3.8) is 0 Å². The van der Waals surface area contributed by atoms with Gasteiger partial charge in [0, 0.05) is 19.8 Å². The summed E-state index contributed by atoms with van der Waals surface area (Å²) in [5.74, 6) is -0.222. The lowest BCUT2D eigenvalue weighted by molar-refractivity contribution is -0.141. The molecular weight excluding hydrogens is 156 g/mol. The van der Waals surface area contributed by atoms with Crippen molar-refractivity contribution >= 4 is 11.7 Å². The van der Waals surface area contributed by atoms with Crippen molar-refractivity contribution in [2.75, 3.05) is 20.7 Å². The number of esters is 1. The number of hydrogen-bond donors (Lipinski definition) is 0. The van der Waals surface area contributed by atoms with E-state index in [-0.39, 0.29) is 12.4 Å². The van der Waals surface area contributed by atoms with Gasteiger partial charge in [-0.05, 0) is 13.8 Å². The molecule has 0 aromatic heterocycles. The Hall–Kier alpha value is -1.06. The molecule has 12 heavy (non-hydrogen) atoms. The molecule has 0 aliphatic heterocycles. The topological polar surface area (TPSA) is 41.9 Å². The third-order valence-corrected chi connectivity index (χ3v) is 1.08. The average molecular weight is 172 g/mol. The van der Waals surface area contributed by atoms with Crippen molar-refractivity contribution < 1.29 is 9.53 Å². The molecule has 0 aliphatic carbocycles. The first-order valence-electron chi connectivity index (χ1n) is 3.93. The van der Waals surface area contributed by atoms with Crippen LogP contribution in [0.15, 0.2) is 5.10 Å². The summed E-state index contributed by atoms with van der Waals surface area (Å²) in [6.45, 7) is 4.02. The Morgan fingerprint density at radius 3 is 2.50 bits per heavy atom. The number of carbonyl (C=O) groups is 1. The molecule has 0 fully saturated rings. The van der Waals surface area contributed by atoms with Gasteiger partial charge < -0.3 is 9.75 Å². The molecule has 70 valence electrons. The third-order valence-electron chi connectivity index (χ3n) is 1.08. The second kappa shape index (κ2) is 5.57. The van der Waals surface area contributed by atoms with Gasteiger partial charge in [0.05, 0.1) is 13.0 Å². The molecule has 0 radical (unpaired) electrons. The summed E-state index contributed by atoms with van der Waals surface area (Å²) in [5, 5.41) is 5.71. The molecule has 0 amide bonds. The average Bonchev–Trinajstić information content (AvgIpc) is 1.84. The van der Waals surface area contributed by atoms with Gasteiger partial charge in [0.1, 0.15) is 0 Å². The predicted octanol–water partition coefficient (Wildman–Crippen LogP) is 0.877. The first kappa shape index (κ1) is 10.9. The van der Waals surface area contributed by atoms with E-state index in [4.69, 9.17) is 4.74 Å². The Labute approximate surface area is 73.2 Å². The van der Waals surface area contributed by atoms with Crippen LogP contribution in [0.5, 0.6) is 0 Å². The number of hydrazone groups is 1. The van der Waals surface area contributed by atoms with Crippen molar-refractivity contribution in [3.8, 4) is 0 Å². The van der Waals surface area contributed by atoms with Crippen LogP contribution in [0.2, 0.25) is 0 Å². The molecule has 0 heterocycles. The number of carbonyl (C=O) groups excluding carboxylic acids is 1. The SMILES string of the molecule is CCOC(=O)CC(C)=NN(C)C. The van der Waals surface area contributed by atoms with E-state index in [9.17, 15) is 4.79 Å². The fourth-order valence-electron chi connectivity index (χ4n) is 0.798. The zero-order valence-corrected chi connectivity index (χ0v) is 8.13. The maximum atomic E-state index is 10.9. The maximum Gasteiger partial charge on any atom is 0.311 e. The molecule has 4 nitrogen and oxygen atoms in total. The second-order valence-electron chi connectivity index (χ2n) is 2.66. The fraction of sp³-hybridized carbons (Fsp3) is 0.750. The first-order valence-corrected chi connectivity index (χ1v) is 3.93. The van der Waals surface area contributed by atoms with E-state index in [0.29, 0.717) is 6.61 Å². The molecule has 0 saturated heterocycles. The molecule has 0 N–H and O–H groups in total. The third kappa shape index (κ3) is 5.70. The Morgan fingerprint density at radius 1 is 1.50 bits per heavy atom. The summed E-state index contributed by atoms with van der Waals surface area (Å²) >= 11 is 0. The minimum Gasteiger partial charge on any atom is -0.466 e. The molecule has 0 atom stereocenters. The minimum absolute atomic E-state index is 0.222. The largest absolute Gasteiger partial charge is 0.466 e. The van der Waals surface area contributed by atoms with E-state index >= 15 is 0 Å². The Bertz CT molecular complexity index is 176. The van der Waals surface area contributed by atoms with E-state index in [1.54, 1.807) is 18.9 Å². The van der Waals surface area contributed by atoms with Crippen molar-refractivity contribution in [2.45, 2.75) is 20.3 Å². The molecule has 0 unspecified atom stereocenters. The molecule has 0 aliphatic rings. The molecule has 0 saturated carbocycles. The van der Waals surface area contributed by atoms with Crippen LogP contribution in [0, 0.1) is 0 Å². The van der Waals surface area contributed by atoms with Crippen LogP contribution in [0.1, 0.15) is 20.3 Å². The summed E-state index contributed by atoms with van der Waals surface area (Å²) in [6.07, 6.45) is 0.270. The summed E-state index contributed by atoms with van der Waals surface area (Å²) < 4.78 is 4.76. The Balaban J connectivity index is 3.83. The van der Waals surface area contributed by atoms with Gasteiger partial charge in [-0.15, -0.1) is 0 Å². The highest BCUT2D eigenvalue weighted by atomic mass is 16.5. The lowest BCUT2D eigenvalue weighted by Crippen LogP contribution is -2.12. The van der Waals surface area contributed by atoms with Crippen molar-refractivity contribution in [3.05, 3.63) is 0 Å². The summed E-state index contributed by atoms with van der Waals surface area (Å²) in [6, 6.07) is 0. The molecule has 0 aromatic rings. The molecule has 0 aromatic carbocycles. The number of rotatable bonds is 4. The number of ether oxygens (including phenoxy) is 1. The van der Waals surface area contributed by atoms with Crippen LogP contribution >= 0.6 is 0 Å². The standard InChI is InChI=1S/C8H16N2O2/c1-5-12-8(11)6-7(2)9-10(3)4/h5-6H2,1-4H3. The van der Waals surface area contributed by atoms with Crippen LogP contribution in [0.3, 0.4) is 0 Å². The highest BCUT2D eigenvalue weighted by Gasteiger charge is 2.03. The van der Waals surface area contributed by atoms with Gasteiger partial charge in [0.25, 0.3) is 0 Å². The predicted molar refractivity (Wildman–Crippen MR) is 48.0 cm³/mol. The molecule has 0 bridgehead atoms. The van der Waals surface area contributed by atoms with Crippen LogP contribution in [-0.4, -0.2) is 37.4 Å². The van der Waals surface area contributed by atoms with Crippen LogP contribution in [0.25, 0.3) is 0 Å². The molecular formula is C8H16N2O2. The van der Waals surface area contributed by atoms with Gasteiger partial charge in [0.15, 0.2) is 0 Å². The van der Waals surface area contributed by atoms with E-state index in [1.807, 2.05) is 14.1 Å². The summed E-state index contributed by atoms with van der Waals surface area (Å²) in [7, 11) is 3.63. The van der Waals surface area contributed by atoms with Crippen molar-refractivity contribution in [2.24, 2.45) is 5.10 Å². The zero-order valence-electron chi connectivity index (χ0n) is 8.13. The normalized spacial score (nSPS) is 11.2. The monoisotopic (exact) mass is 172 g/mol. The van der Waals surface area contributed by atoms with Crippen molar-refractivity contribution in [1.29, 1.82) is 0 Å². The van der Waals surface area contributed by atoms with Gasteiger partial charge in [-0.3, -0.25) is 4.79 Å². The summed E-state index contributed by atoms with van der Waals surface area (Å²) in [4.78, 5) is 10.9. The molecule has 0 rings (SSSR count). The minimum atomic E-state index is -0.222. The zero-order chi connectivity index (χ0) is 9.56. The Morgan fingerprint density at radius 2 is 2.08 bits per heavy atom. The van der Waals surface area contributed by atoms with Gasteiger partial charge in [-0.25, -0.2) is 0 Å². The highest BCUT2D eigenvalue weighted by molar-refractivity contribution is 5.97. The Kier molecular flexibility index (Phi) is 5.08.